The minimum atomic E-state index is 1.11. The Morgan fingerprint density at radius 2 is 1.05 bits per heavy atom. The van der Waals surface area contributed by atoms with E-state index in [9.17, 15) is 0 Å². The molecular weight excluding hydrogens is 685 g/mol. The van der Waals surface area contributed by atoms with Crippen LogP contribution in [0.25, 0.3) is 80.7 Å². The van der Waals surface area contributed by atoms with Gasteiger partial charge >= 0.3 is 0 Å². The normalized spacial score (nSPS) is 11.6. The molecule has 0 bridgehead atoms. The Labute approximate surface area is 323 Å². The van der Waals surface area contributed by atoms with E-state index in [1.807, 2.05) is 11.3 Å². The lowest BCUT2D eigenvalue weighted by Crippen LogP contribution is -2.11. The number of thiophene rings is 1. The number of fused-ring (bicyclic) bond motifs is 7. The summed E-state index contributed by atoms with van der Waals surface area (Å²) in [6, 6.07) is 75.1. The SMILES string of the molecule is c1ccc(-c2ccc(N(c3ccc(-c4ccc5c6ccccc6n(-c6ccccc6)c5c4)cc3)c3cccc4ccccc34)c3c2sc2ccccc23)cc1. The van der Waals surface area contributed by atoms with Gasteiger partial charge in [0.05, 0.1) is 22.4 Å². The first-order chi connectivity index (χ1) is 27.3. The Kier molecular flexibility index (Phi) is 7.39. The first kappa shape index (κ1) is 31.6. The van der Waals surface area contributed by atoms with E-state index in [2.05, 4.69) is 216 Å². The number of rotatable bonds is 6. The lowest BCUT2D eigenvalue weighted by atomic mass is 9.99. The Morgan fingerprint density at radius 3 is 1.89 bits per heavy atom. The van der Waals surface area contributed by atoms with Crippen molar-refractivity contribution in [2.75, 3.05) is 4.90 Å². The van der Waals surface area contributed by atoms with Crippen molar-refractivity contribution in [2.24, 2.45) is 0 Å². The predicted octanol–water partition coefficient (Wildman–Crippen LogP) is 15.1. The van der Waals surface area contributed by atoms with Crippen LogP contribution < -0.4 is 4.90 Å². The highest BCUT2D eigenvalue weighted by atomic mass is 32.1. The van der Waals surface area contributed by atoms with Crippen LogP contribution in [0.5, 0.6) is 0 Å². The van der Waals surface area contributed by atoms with Crippen LogP contribution in [0.15, 0.2) is 206 Å². The number of hydrogen-bond donors (Lipinski definition) is 0. The van der Waals surface area contributed by atoms with Crippen LogP contribution in [-0.4, -0.2) is 4.57 Å². The summed E-state index contributed by atoms with van der Waals surface area (Å²) in [4.78, 5) is 2.47. The maximum Gasteiger partial charge on any atom is 0.0555 e. The average Bonchev–Trinajstić information content (AvgIpc) is 3.81. The van der Waals surface area contributed by atoms with Crippen molar-refractivity contribution < 1.29 is 0 Å². The van der Waals surface area contributed by atoms with E-state index < -0.39 is 0 Å². The third kappa shape index (κ3) is 5.16. The smallest absolute Gasteiger partial charge is 0.0555 e. The third-order valence-electron chi connectivity index (χ3n) is 11.0. The zero-order valence-corrected chi connectivity index (χ0v) is 30.7. The number of benzene rings is 9. The lowest BCUT2D eigenvalue weighted by Gasteiger charge is -2.28. The van der Waals surface area contributed by atoms with Gasteiger partial charge in [-0.3, -0.25) is 0 Å². The lowest BCUT2D eigenvalue weighted by molar-refractivity contribution is 1.18. The molecule has 9 aromatic carbocycles. The molecule has 0 N–H and O–H groups in total. The molecule has 2 aromatic heterocycles. The van der Waals surface area contributed by atoms with Gasteiger partial charge in [0.15, 0.2) is 0 Å². The summed E-state index contributed by atoms with van der Waals surface area (Å²) in [5.41, 5.74) is 11.9. The van der Waals surface area contributed by atoms with Gasteiger partial charge in [0.1, 0.15) is 0 Å². The molecule has 0 aliphatic rings. The molecule has 2 nitrogen and oxygen atoms in total. The molecule has 258 valence electrons. The second-order valence-corrected chi connectivity index (χ2v) is 15.2. The molecule has 0 saturated heterocycles. The second kappa shape index (κ2) is 12.9. The summed E-state index contributed by atoms with van der Waals surface area (Å²) in [5.74, 6) is 0. The van der Waals surface area contributed by atoms with Gasteiger partial charge in [-0.15, -0.1) is 11.3 Å². The van der Waals surface area contributed by atoms with Crippen molar-refractivity contribution in [1.29, 1.82) is 0 Å². The predicted molar refractivity (Wildman–Crippen MR) is 237 cm³/mol. The highest BCUT2D eigenvalue weighted by Gasteiger charge is 2.22. The molecule has 55 heavy (non-hydrogen) atoms. The van der Waals surface area contributed by atoms with Gasteiger partial charge in [0, 0.05) is 47.7 Å². The van der Waals surface area contributed by atoms with Gasteiger partial charge in [0.25, 0.3) is 0 Å². The fourth-order valence-electron chi connectivity index (χ4n) is 8.46. The third-order valence-corrected chi connectivity index (χ3v) is 12.2. The van der Waals surface area contributed by atoms with Crippen molar-refractivity contribution in [1.82, 2.24) is 4.57 Å². The largest absolute Gasteiger partial charge is 0.309 e. The zero-order chi connectivity index (χ0) is 36.3. The standard InChI is InChI=1S/C52H34N2S/c1-3-14-37(15-4-1)42-32-33-48(51-45-22-10-12-25-50(45)55-52(42)51)53(46-24-13-17-36-16-7-8-20-41(36)46)40-29-26-35(27-30-40)38-28-31-44-43-21-9-11-23-47(43)54(49(44)34-38)39-18-5-2-6-19-39/h1-34H. The first-order valence-electron chi connectivity index (χ1n) is 18.8. The summed E-state index contributed by atoms with van der Waals surface area (Å²) in [5, 5.41) is 7.51. The number of anilines is 3. The maximum absolute atomic E-state index is 2.47. The minimum absolute atomic E-state index is 1.11. The van der Waals surface area contributed by atoms with E-state index in [0.29, 0.717) is 0 Å². The minimum Gasteiger partial charge on any atom is -0.309 e. The number of para-hydroxylation sites is 2. The summed E-state index contributed by atoms with van der Waals surface area (Å²) in [6.45, 7) is 0. The molecule has 0 radical (unpaired) electrons. The molecule has 0 unspecified atom stereocenters. The van der Waals surface area contributed by atoms with Crippen molar-refractivity contribution in [3.05, 3.63) is 206 Å². The van der Waals surface area contributed by atoms with Crippen LogP contribution in [-0.2, 0) is 0 Å². The van der Waals surface area contributed by atoms with Crippen LogP contribution in [0.3, 0.4) is 0 Å². The fraction of sp³-hybridized carbons (Fsp3) is 0. The molecule has 3 heteroatoms. The van der Waals surface area contributed by atoms with E-state index in [-0.39, 0.29) is 0 Å². The Bertz CT molecular complexity index is 3190. The molecule has 2 heterocycles. The van der Waals surface area contributed by atoms with Gasteiger partial charge in [-0.1, -0.05) is 152 Å². The van der Waals surface area contributed by atoms with Gasteiger partial charge in [-0.05, 0) is 82.2 Å². The molecule has 0 atom stereocenters. The monoisotopic (exact) mass is 718 g/mol. The van der Waals surface area contributed by atoms with Gasteiger partial charge in [0.2, 0.25) is 0 Å². The van der Waals surface area contributed by atoms with Crippen LogP contribution >= 0.6 is 11.3 Å². The van der Waals surface area contributed by atoms with Crippen LogP contribution in [0.1, 0.15) is 0 Å². The summed E-state index contributed by atoms with van der Waals surface area (Å²) in [7, 11) is 0. The average molecular weight is 719 g/mol. The molecule has 0 saturated carbocycles. The quantitative estimate of drug-likeness (QED) is 0.166. The van der Waals surface area contributed by atoms with Crippen LogP contribution in [0.4, 0.5) is 17.1 Å². The van der Waals surface area contributed by atoms with Crippen LogP contribution in [0, 0.1) is 0 Å². The number of aromatic nitrogens is 1. The van der Waals surface area contributed by atoms with Crippen molar-refractivity contribution in [2.45, 2.75) is 0 Å². The second-order valence-electron chi connectivity index (χ2n) is 14.1. The van der Waals surface area contributed by atoms with E-state index in [0.717, 1.165) is 17.1 Å². The number of nitrogens with zero attached hydrogens (tertiary/aromatic N) is 2. The molecule has 0 aliphatic heterocycles. The number of hydrogen-bond acceptors (Lipinski definition) is 2. The highest BCUT2D eigenvalue weighted by Crippen LogP contribution is 2.49. The van der Waals surface area contributed by atoms with Gasteiger partial charge in [-0.2, -0.15) is 0 Å². The van der Waals surface area contributed by atoms with E-state index in [1.165, 1.54) is 80.7 Å². The summed E-state index contributed by atoms with van der Waals surface area (Å²) in [6.07, 6.45) is 0. The van der Waals surface area contributed by atoms with Crippen molar-refractivity contribution in [3.8, 4) is 27.9 Å². The topological polar surface area (TPSA) is 8.17 Å². The van der Waals surface area contributed by atoms with Crippen molar-refractivity contribution >= 4 is 81.1 Å². The Morgan fingerprint density at radius 1 is 0.400 bits per heavy atom. The van der Waals surface area contributed by atoms with E-state index >= 15 is 0 Å². The van der Waals surface area contributed by atoms with Gasteiger partial charge < -0.3 is 9.47 Å². The molecular formula is C52H34N2S. The fourth-order valence-corrected chi connectivity index (χ4v) is 9.72. The molecule has 0 aliphatic carbocycles. The summed E-state index contributed by atoms with van der Waals surface area (Å²) >= 11 is 1.88. The Hall–Kier alpha value is -6.94. The zero-order valence-electron chi connectivity index (χ0n) is 29.9. The molecule has 0 amide bonds. The molecule has 0 spiro atoms. The Balaban J connectivity index is 1.11. The molecule has 11 rings (SSSR count). The van der Waals surface area contributed by atoms with Gasteiger partial charge in [-0.25, -0.2) is 0 Å². The molecule has 11 aromatic rings. The van der Waals surface area contributed by atoms with Crippen LogP contribution in [0.2, 0.25) is 0 Å². The van der Waals surface area contributed by atoms with E-state index in [1.54, 1.807) is 0 Å². The highest BCUT2D eigenvalue weighted by molar-refractivity contribution is 7.26. The maximum atomic E-state index is 2.47. The van der Waals surface area contributed by atoms with Crippen molar-refractivity contribution in [3.63, 3.8) is 0 Å². The molecule has 0 fully saturated rings. The first-order valence-corrected chi connectivity index (χ1v) is 19.6. The van der Waals surface area contributed by atoms with E-state index in [4.69, 9.17) is 0 Å². The summed E-state index contributed by atoms with van der Waals surface area (Å²) < 4.78 is 4.98.